The molecule has 3 rings (SSSR count). The van der Waals surface area contributed by atoms with E-state index in [2.05, 4.69) is 35.2 Å². The molecule has 0 saturated heterocycles. The summed E-state index contributed by atoms with van der Waals surface area (Å²) in [6.45, 7) is 7.04. The number of hydrogen-bond donors (Lipinski definition) is 2. The van der Waals surface area contributed by atoms with Crippen LogP contribution < -0.4 is 5.32 Å². The Kier molecular flexibility index (Phi) is 4.69. The predicted molar refractivity (Wildman–Crippen MR) is 91.4 cm³/mol. The van der Waals surface area contributed by atoms with Gasteiger partial charge in [-0.2, -0.15) is 0 Å². The summed E-state index contributed by atoms with van der Waals surface area (Å²) in [6.07, 6.45) is 8.33. The van der Waals surface area contributed by atoms with Crippen molar-refractivity contribution in [2.45, 2.75) is 65.0 Å². The van der Waals surface area contributed by atoms with E-state index in [4.69, 9.17) is 0 Å². The highest BCUT2D eigenvalue weighted by Crippen LogP contribution is 2.32. The lowest BCUT2D eigenvalue weighted by Gasteiger charge is -2.39. The maximum atomic E-state index is 9.94. The van der Waals surface area contributed by atoms with Gasteiger partial charge in [0, 0.05) is 29.7 Å². The predicted octanol–water partition coefficient (Wildman–Crippen LogP) is 2.77. The number of aromatic nitrogens is 3. The molecule has 0 aliphatic heterocycles. The highest BCUT2D eigenvalue weighted by molar-refractivity contribution is 5.34. The molecule has 5 heteroatoms. The van der Waals surface area contributed by atoms with Crippen molar-refractivity contribution in [3.05, 3.63) is 29.3 Å². The van der Waals surface area contributed by atoms with Crippen LogP contribution in [0.5, 0.6) is 0 Å². The van der Waals surface area contributed by atoms with Gasteiger partial charge in [-0.15, -0.1) is 0 Å². The van der Waals surface area contributed by atoms with Crippen LogP contribution in [-0.4, -0.2) is 31.6 Å². The Hall–Kier alpha value is -1.46. The van der Waals surface area contributed by atoms with Gasteiger partial charge in [0.05, 0.1) is 12.3 Å². The second-order valence-corrected chi connectivity index (χ2v) is 7.21. The third kappa shape index (κ3) is 3.40. The number of fused-ring (bicyclic) bond motifs is 1. The minimum Gasteiger partial charge on any atom is -0.394 e. The van der Waals surface area contributed by atoms with Gasteiger partial charge in [-0.05, 0) is 45.6 Å². The van der Waals surface area contributed by atoms with Gasteiger partial charge in [-0.25, -0.2) is 9.97 Å². The number of aliphatic hydroxyl groups is 1. The van der Waals surface area contributed by atoms with E-state index < -0.39 is 0 Å². The van der Waals surface area contributed by atoms with Crippen LogP contribution in [0.15, 0.2) is 12.3 Å². The van der Waals surface area contributed by atoms with E-state index in [0.29, 0.717) is 12.5 Å². The fourth-order valence-electron chi connectivity index (χ4n) is 3.76. The first kappa shape index (κ1) is 16.4. The van der Waals surface area contributed by atoms with Gasteiger partial charge in [-0.1, -0.05) is 19.3 Å². The molecule has 126 valence electrons. The Labute approximate surface area is 138 Å². The smallest absolute Gasteiger partial charge is 0.234 e. The Morgan fingerprint density at radius 3 is 2.70 bits per heavy atom. The van der Waals surface area contributed by atoms with Crippen LogP contribution in [0.2, 0.25) is 0 Å². The quantitative estimate of drug-likeness (QED) is 0.890. The molecule has 0 radical (unpaired) electrons. The third-order valence-corrected chi connectivity index (χ3v) is 5.32. The fourth-order valence-corrected chi connectivity index (χ4v) is 3.76. The van der Waals surface area contributed by atoms with Gasteiger partial charge in [0.15, 0.2) is 0 Å². The highest BCUT2D eigenvalue weighted by atomic mass is 16.3. The molecule has 1 unspecified atom stereocenters. The van der Waals surface area contributed by atoms with E-state index in [-0.39, 0.29) is 12.1 Å². The molecule has 2 aromatic rings. The lowest BCUT2D eigenvalue weighted by Crippen LogP contribution is -2.52. The van der Waals surface area contributed by atoms with Crippen molar-refractivity contribution in [3.63, 3.8) is 0 Å². The average molecular weight is 316 g/mol. The molecule has 0 aromatic carbocycles. The average Bonchev–Trinajstić information content (AvgIpc) is 2.97. The number of imidazole rings is 1. The SMILES string of the molecule is Cc1cc(C)n2cc(CNC(C)(CO)C3CCCCC3)nc2n1. The van der Waals surface area contributed by atoms with E-state index in [0.717, 1.165) is 22.9 Å². The Bertz CT molecular complexity index is 675. The molecular weight excluding hydrogens is 288 g/mol. The summed E-state index contributed by atoms with van der Waals surface area (Å²) in [5.74, 6) is 1.29. The van der Waals surface area contributed by atoms with Crippen molar-refractivity contribution in [1.29, 1.82) is 0 Å². The van der Waals surface area contributed by atoms with Gasteiger partial charge in [0.25, 0.3) is 0 Å². The largest absolute Gasteiger partial charge is 0.394 e. The number of rotatable bonds is 5. The van der Waals surface area contributed by atoms with Crippen LogP contribution in [0.25, 0.3) is 5.78 Å². The van der Waals surface area contributed by atoms with E-state index in [1.54, 1.807) is 0 Å². The van der Waals surface area contributed by atoms with Gasteiger partial charge < -0.3 is 10.4 Å². The third-order valence-electron chi connectivity index (χ3n) is 5.32. The van der Waals surface area contributed by atoms with Crippen molar-refractivity contribution in [2.75, 3.05) is 6.61 Å². The number of hydrogen-bond acceptors (Lipinski definition) is 4. The molecule has 5 nitrogen and oxygen atoms in total. The minimum absolute atomic E-state index is 0.168. The first-order valence-electron chi connectivity index (χ1n) is 8.70. The molecule has 0 amide bonds. The van der Waals surface area contributed by atoms with E-state index in [9.17, 15) is 5.11 Å². The Balaban J connectivity index is 1.74. The van der Waals surface area contributed by atoms with Crippen LogP contribution in [-0.2, 0) is 6.54 Å². The number of nitrogens with zero attached hydrogens (tertiary/aromatic N) is 3. The van der Waals surface area contributed by atoms with Crippen LogP contribution >= 0.6 is 0 Å². The van der Waals surface area contributed by atoms with Gasteiger partial charge >= 0.3 is 0 Å². The topological polar surface area (TPSA) is 62.5 Å². The maximum Gasteiger partial charge on any atom is 0.234 e. The fraction of sp³-hybridized carbons (Fsp3) is 0.667. The summed E-state index contributed by atoms with van der Waals surface area (Å²) in [6, 6.07) is 2.06. The van der Waals surface area contributed by atoms with Crippen molar-refractivity contribution in [1.82, 2.24) is 19.7 Å². The lowest BCUT2D eigenvalue weighted by atomic mass is 9.76. The van der Waals surface area contributed by atoms with Crippen molar-refractivity contribution >= 4 is 5.78 Å². The summed E-state index contributed by atoms with van der Waals surface area (Å²) < 4.78 is 2.03. The molecule has 0 spiro atoms. The number of nitrogens with one attached hydrogen (secondary N) is 1. The van der Waals surface area contributed by atoms with Crippen LogP contribution in [0.4, 0.5) is 0 Å². The zero-order valence-corrected chi connectivity index (χ0v) is 14.5. The summed E-state index contributed by atoms with van der Waals surface area (Å²) in [4.78, 5) is 9.11. The first-order chi connectivity index (χ1) is 11.0. The molecule has 2 aromatic heterocycles. The molecule has 1 aliphatic carbocycles. The van der Waals surface area contributed by atoms with Gasteiger partial charge in [0.1, 0.15) is 0 Å². The van der Waals surface area contributed by atoms with Crippen molar-refractivity contribution < 1.29 is 5.11 Å². The van der Waals surface area contributed by atoms with E-state index in [1.165, 1.54) is 32.1 Å². The van der Waals surface area contributed by atoms with Gasteiger partial charge in [-0.3, -0.25) is 4.40 Å². The van der Waals surface area contributed by atoms with Crippen LogP contribution in [0.3, 0.4) is 0 Å². The molecule has 1 saturated carbocycles. The monoisotopic (exact) mass is 316 g/mol. The molecule has 0 bridgehead atoms. The summed E-state index contributed by atoms with van der Waals surface area (Å²) in [7, 11) is 0. The maximum absolute atomic E-state index is 9.94. The molecular formula is C18H28N4O. The molecule has 1 atom stereocenters. The van der Waals surface area contributed by atoms with E-state index in [1.807, 2.05) is 17.5 Å². The van der Waals surface area contributed by atoms with Crippen molar-refractivity contribution in [3.8, 4) is 0 Å². The van der Waals surface area contributed by atoms with Gasteiger partial charge in [0.2, 0.25) is 5.78 Å². The zero-order chi connectivity index (χ0) is 16.4. The van der Waals surface area contributed by atoms with Crippen LogP contribution in [0, 0.1) is 19.8 Å². The summed E-state index contributed by atoms with van der Waals surface area (Å²) in [5, 5.41) is 13.5. The molecule has 23 heavy (non-hydrogen) atoms. The number of aliphatic hydroxyl groups excluding tert-OH is 1. The minimum atomic E-state index is -0.228. The Morgan fingerprint density at radius 1 is 1.26 bits per heavy atom. The lowest BCUT2D eigenvalue weighted by molar-refractivity contribution is 0.0934. The standard InChI is InChI=1S/C18H28N4O/c1-13-9-14(2)22-11-16(21-17(22)20-13)10-19-18(3,12-23)15-7-5-4-6-8-15/h9,11,15,19,23H,4-8,10,12H2,1-3H3. The normalized spacial score (nSPS) is 19.1. The second-order valence-electron chi connectivity index (χ2n) is 7.21. The summed E-state index contributed by atoms with van der Waals surface area (Å²) >= 11 is 0. The highest BCUT2D eigenvalue weighted by Gasteiger charge is 2.34. The first-order valence-corrected chi connectivity index (χ1v) is 8.70. The molecule has 2 heterocycles. The molecule has 2 N–H and O–H groups in total. The number of aryl methyl sites for hydroxylation is 2. The van der Waals surface area contributed by atoms with Crippen molar-refractivity contribution in [2.24, 2.45) is 5.92 Å². The van der Waals surface area contributed by atoms with E-state index >= 15 is 0 Å². The summed E-state index contributed by atoms with van der Waals surface area (Å²) in [5.41, 5.74) is 2.88. The second kappa shape index (κ2) is 6.57. The molecule has 1 fully saturated rings. The molecule has 1 aliphatic rings. The van der Waals surface area contributed by atoms with Crippen LogP contribution in [0.1, 0.15) is 56.1 Å². The Morgan fingerprint density at radius 2 is 2.00 bits per heavy atom. The zero-order valence-electron chi connectivity index (χ0n) is 14.5.